The molecule has 1 heterocycles. The summed E-state index contributed by atoms with van der Waals surface area (Å²) in [6, 6.07) is 10.3. The van der Waals surface area contributed by atoms with Crippen molar-refractivity contribution in [2.75, 3.05) is 20.2 Å². The number of amides is 2. The van der Waals surface area contributed by atoms with Gasteiger partial charge in [0.05, 0.1) is 12.8 Å². The maximum Gasteiger partial charge on any atom is 0.287 e. The van der Waals surface area contributed by atoms with Crippen molar-refractivity contribution in [3.63, 3.8) is 0 Å². The maximum absolute atomic E-state index is 12.3. The van der Waals surface area contributed by atoms with E-state index in [0.717, 1.165) is 11.3 Å². The monoisotopic (exact) mass is 330 g/mol. The zero-order valence-electron chi connectivity index (χ0n) is 14.1. The Morgan fingerprint density at radius 2 is 2.08 bits per heavy atom. The van der Waals surface area contributed by atoms with Gasteiger partial charge in [-0.05, 0) is 43.7 Å². The highest BCUT2D eigenvalue weighted by Crippen LogP contribution is 2.12. The molecule has 1 aromatic heterocycles. The molecular formula is C18H22N2O4. The summed E-state index contributed by atoms with van der Waals surface area (Å²) >= 11 is 0. The third-order valence-electron chi connectivity index (χ3n) is 3.52. The van der Waals surface area contributed by atoms with Gasteiger partial charge in [0.2, 0.25) is 5.91 Å². The summed E-state index contributed by atoms with van der Waals surface area (Å²) in [6.45, 7) is 4.44. The molecule has 0 radical (unpaired) electrons. The van der Waals surface area contributed by atoms with Crippen LogP contribution in [0.25, 0.3) is 0 Å². The number of furan rings is 1. The SMILES string of the molecule is Cc1cccc(OCCN(C)C(=O)[C@H](C)NC(=O)c2ccco2)c1. The van der Waals surface area contributed by atoms with Crippen LogP contribution in [0, 0.1) is 6.92 Å². The minimum atomic E-state index is -0.647. The minimum Gasteiger partial charge on any atom is -0.492 e. The number of carbonyl (C=O) groups excluding carboxylic acids is 2. The van der Waals surface area contributed by atoms with Crippen LogP contribution in [0.2, 0.25) is 0 Å². The van der Waals surface area contributed by atoms with Crippen LogP contribution in [0.15, 0.2) is 47.1 Å². The Labute approximate surface area is 141 Å². The Bertz CT molecular complexity index is 682. The topological polar surface area (TPSA) is 71.8 Å². The van der Waals surface area contributed by atoms with Crippen LogP contribution in [-0.2, 0) is 4.79 Å². The number of hydrogen-bond donors (Lipinski definition) is 1. The summed E-state index contributed by atoms with van der Waals surface area (Å²) < 4.78 is 10.6. The van der Waals surface area contributed by atoms with E-state index in [-0.39, 0.29) is 11.7 Å². The molecule has 0 saturated heterocycles. The first kappa shape index (κ1) is 17.6. The van der Waals surface area contributed by atoms with E-state index in [2.05, 4.69) is 5.32 Å². The van der Waals surface area contributed by atoms with Gasteiger partial charge in [0, 0.05) is 7.05 Å². The largest absolute Gasteiger partial charge is 0.492 e. The van der Waals surface area contributed by atoms with Crippen LogP contribution < -0.4 is 10.1 Å². The van der Waals surface area contributed by atoms with Gasteiger partial charge in [-0.25, -0.2) is 0 Å². The van der Waals surface area contributed by atoms with Crippen molar-refractivity contribution in [1.82, 2.24) is 10.2 Å². The third-order valence-corrected chi connectivity index (χ3v) is 3.52. The summed E-state index contributed by atoms with van der Waals surface area (Å²) in [4.78, 5) is 25.7. The van der Waals surface area contributed by atoms with Gasteiger partial charge in [-0.1, -0.05) is 12.1 Å². The van der Waals surface area contributed by atoms with Crippen LogP contribution in [0.3, 0.4) is 0 Å². The fourth-order valence-corrected chi connectivity index (χ4v) is 2.18. The molecule has 6 heteroatoms. The summed E-state index contributed by atoms with van der Waals surface area (Å²) in [7, 11) is 1.68. The Hall–Kier alpha value is -2.76. The molecule has 2 aromatic rings. The summed E-state index contributed by atoms with van der Waals surface area (Å²) in [6.07, 6.45) is 1.41. The lowest BCUT2D eigenvalue weighted by Crippen LogP contribution is -2.46. The molecule has 1 atom stereocenters. The second kappa shape index (κ2) is 8.19. The Morgan fingerprint density at radius 1 is 1.29 bits per heavy atom. The number of likely N-dealkylation sites (N-methyl/N-ethyl adjacent to an activating group) is 1. The molecule has 0 unspecified atom stereocenters. The van der Waals surface area contributed by atoms with E-state index in [9.17, 15) is 9.59 Å². The molecule has 128 valence electrons. The first-order valence-electron chi connectivity index (χ1n) is 7.76. The number of nitrogens with zero attached hydrogens (tertiary/aromatic N) is 1. The average Bonchev–Trinajstić information content (AvgIpc) is 3.08. The van der Waals surface area contributed by atoms with Crippen molar-refractivity contribution in [2.45, 2.75) is 19.9 Å². The molecular weight excluding hydrogens is 308 g/mol. The second-order valence-electron chi connectivity index (χ2n) is 5.60. The fourth-order valence-electron chi connectivity index (χ4n) is 2.18. The van der Waals surface area contributed by atoms with Crippen molar-refractivity contribution in [2.24, 2.45) is 0 Å². The van der Waals surface area contributed by atoms with Gasteiger partial charge in [0.25, 0.3) is 5.91 Å². The summed E-state index contributed by atoms with van der Waals surface area (Å²) in [5.74, 6) is 0.350. The highest BCUT2D eigenvalue weighted by atomic mass is 16.5. The first-order valence-corrected chi connectivity index (χ1v) is 7.76. The van der Waals surface area contributed by atoms with Crippen molar-refractivity contribution >= 4 is 11.8 Å². The first-order chi connectivity index (χ1) is 11.5. The van der Waals surface area contributed by atoms with Gasteiger partial charge in [-0.15, -0.1) is 0 Å². The highest BCUT2D eigenvalue weighted by molar-refractivity contribution is 5.95. The standard InChI is InChI=1S/C18H22N2O4/c1-13-6-4-7-15(12-13)23-11-9-20(3)18(22)14(2)19-17(21)16-8-5-10-24-16/h4-8,10,12,14H,9,11H2,1-3H3,(H,19,21)/t14-/m0/s1. The van der Waals surface area contributed by atoms with E-state index in [1.807, 2.05) is 31.2 Å². The lowest BCUT2D eigenvalue weighted by molar-refractivity contribution is -0.131. The van der Waals surface area contributed by atoms with Crippen LogP contribution in [0.1, 0.15) is 23.0 Å². The molecule has 0 saturated carbocycles. The molecule has 0 aliphatic carbocycles. The van der Waals surface area contributed by atoms with Crippen LogP contribution in [0.5, 0.6) is 5.75 Å². The lowest BCUT2D eigenvalue weighted by atomic mass is 10.2. The van der Waals surface area contributed by atoms with E-state index in [1.165, 1.54) is 11.2 Å². The molecule has 2 amide bonds. The smallest absolute Gasteiger partial charge is 0.287 e. The molecule has 0 aliphatic rings. The number of rotatable bonds is 7. The molecule has 2 rings (SSSR count). The third kappa shape index (κ3) is 4.87. The molecule has 1 N–H and O–H groups in total. The lowest BCUT2D eigenvalue weighted by Gasteiger charge is -2.22. The van der Waals surface area contributed by atoms with Crippen molar-refractivity contribution < 1.29 is 18.7 Å². The zero-order valence-corrected chi connectivity index (χ0v) is 14.1. The van der Waals surface area contributed by atoms with Crippen LogP contribution in [-0.4, -0.2) is 43.0 Å². The molecule has 24 heavy (non-hydrogen) atoms. The van der Waals surface area contributed by atoms with Gasteiger partial charge in [0.15, 0.2) is 5.76 Å². The van der Waals surface area contributed by atoms with Crippen LogP contribution in [0.4, 0.5) is 0 Å². The Morgan fingerprint density at radius 3 is 2.75 bits per heavy atom. The van der Waals surface area contributed by atoms with Crippen molar-refractivity contribution in [1.29, 1.82) is 0 Å². The Kier molecular flexibility index (Phi) is 6.01. The fraction of sp³-hybridized carbons (Fsp3) is 0.333. The van der Waals surface area contributed by atoms with Gasteiger partial charge < -0.3 is 19.4 Å². The van der Waals surface area contributed by atoms with Gasteiger partial charge >= 0.3 is 0 Å². The summed E-state index contributed by atoms with van der Waals surface area (Å²) in [5.41, 5.74) is 1.12. The normalized spacial score (nSPS) is 11.6. The van der Waals surface area contributed by atoms with Gasteiger partial charge in [-0.2, -0.15) is 0 Å². The quantitative estimate of drug-likeness (QED) is 0.845. The second-order valence-corrected chi connectivity index (χ2v) is 5.60. The minimum absolute atomic E-state index is 0.181. The van der Waals surface area contributed by atoms with E-state index in [1.54, 1.807) is 26.1 Å². The molecule has 1 aromatic carbocycles. The van der Waals surface area contributed by atoms with E-state index in [4.69, 9.17) is 9.15 Å². The molecule has 0 aliphatic heterocycles. The molecule has 0 spiro atoms. The Balaban J connectivity index is 1.77. The number of nitrogens with one attached hydrogen (secondary N) is 1. The number of benzene rings is 1. The van der Waals surface area contributed by atoms with E-state index in [0.29, 0.717) is 13.2 Å². The molecule has 0 bridgehead atoms. The highest BCUT2D eigenvalue weighted by Gasteiger charge is 2.21. The van der Waals surface area contributed by atoms with E-state index < -0.39 is 11.9 Å². The van der Waals surface area contributed by atoms with Crippen molar-refractivity contribution in [3.8, 4) is 5.75 Å². The number of carbonyl (C=O) groups is 2. The number of ether oxygens (including phenoxy) is 1. The van der Waals surface area contributed by atoms with Crippen molar-refractivity contribution in [3.05, 3.63) is 54.0 Å². The number of hydrogen-bond acceptors (Lipinski definition) is 4. The molecule has 6 nitrogen and oxygen atoms in total. The van der Waals surface area contributed by atoms with Gasteiger partial charge in [0.1, 0.15) is 18.4 Å². The molecule has 0 fully saturated rings. The van der Waals surface area contributed by atoms with E-state index >= 15 is 0 Å². The zero-order chi connectivity index (χ0) is 17.5. The predicted molar refractivity (Wildman–Crippen MR) is 89.9 cm³/mol. The predicted octanol–water partition coefficient (Wildman–Crippen LogP) is 2.24. The summed E-state index contributed by atoms with van der Waals surface area (Å²) in [5, 5.41) is 2.61. The van der Waals surface area contributed by atoms with Gasteiger partial charge in [-0.3, -0.25) is 9.59 Å². The average molecular weight is 330 g/mol. The maximum atomic E-state index is 12.3. The van der Waals surface area contributed by atoms with Crippen LogP contribution >= 0.6 is 0 Å². The number of aryl methyl sites for hydroxylation is 1.